The van der Waals surface area contributed by atoms with Crippen molar-refractivity contribution in [2.45, 2.75) is 26.4 Å². The van der Waals surface area contributed by atoms with Crippen LogP contribution in [0, 0.1) is 11.8 Å². The van der Waals surface area contributed by atoms with Gasteiger partial charge in [-0.2, -0.15) is 0 Å². The number of fused-ring (bicyclic) bond motifs is 1. The van der Waals surface area contributed by atoms with Gasteiger partial charge in [-0.3, -0.25) is 4.79 Å². The summed E-state index contributed by atoms with van der Waals surface area (Å²) in [6.07, 6.45) is 0.628. The molecule has 0 aliphatic carbocycles. The Balaban J connectivity index is 0.00000176. The Hall–Kier alpha value is -1.26. The van der Waals surface area contributed by atoms with Crippen LogP contribution < -0.4 is 10.1 Å². The first-order valence-electron chi connectivity index (χ1n) is 7.86. The molecule has 3 rings (SSSR count). The van der Waals surface area contributed by atoms with E-state index in [2.05, 4.69) is 5.32 Å². The Morgan fingerprint density at radius 3 is 2.64 bits per heavy atom. The van der Waals surface area contributed by atoms with Crippen LogP contribution in [0.1, 0.15) is 19.4 Å². The molecular weight excluding hydrogens is 300 g/mol. The third-order valence-electron chi connectivity index (χ3n) is 4.37. The minimum Gasteiger partial charge on any atom is -0.491 e. The molecule has 5 heteroatoms. The third kappa shape index (κ3) is 3.93. The molecule has 2 fully saturated rings. The second kappa shape index (κ2) is 7.34. The highest BCUT2D eigenvalue weighted by Crippen LogP contribution is 2.27. The summed E-state index contributed by atoms with van der Waals surface area (Å²) in [6.45, 7) is 7.97. The summed E-state index contributed by atoms with van der Waals surface area (Å²) in [5.74, 6) is 2.40. The number of likely N-dealkylation sites (tertiary alicyclic amines) is 1. The number of halogens is 1. The van der Waals surface area contributed by atoms with E-state index in [0.717, 1.165) is 37.5 Å². The van der Waals surface area contributed by atoms with Gasteiger partial charge in [0.25, 0.3) is 0 Å². The molecule has 0 saturated carbocycles. The first kappa shape index (κ1) is 17.1. The van der Waals surface area contributed by atoms with Crippen LogP contribution in [0.2, 0.25) is 0 Å². The Labute approximate surface area is 138 Å². The van der Waals surface area contributed by atoms with Crippen molar-refractivity contribution in [3.05, 3.63) is 29.8 Å². The minimum atomic E-state index is 0. The lowest BCUT2D eigenvalue weighted by Gasteiger charge is -2.18. The van der Waals surface area contributed by atoms with Gasteiger partial charge in [0, 0.05) is 26.2 Å². The number of hydrogen-bond donors (Lipinski definition) is 1. The first-order chi connectivity index (χ1) is 10.1. The molecule has 2 aliphatic heterocycles. The van der Waals surface area contributed by atoms with Crippen LogP contribution in [0.15, 0.2) is 24.3 Å². The number of carbonyl (C=O) groups excluding carboxylic acids is 1. The fraction of sp³-hybridized carbons (Fsp3) is 0.588. The molecule has 0 bridgehead atoms. The van der Waals surface area contributed by atoms with Crippen LogP contribution in [0.3, 0.4) is 0 Å². The summed E-state index contributed by atoms with van der Waals surface area (Å²) >= 11 is 0. The van der Waals surface area contributed by atoms with E-state index >= 15 is 0 Å². The largest absolute Gasteiger partial charge is 0.491 e. The Kier molecular flexibility index (Phi) is 5.70. The zero-order valence-electron chi connectivity index (χ0n) is 13.2. The molecule has 0 unspecified atom stereocenters. The maximum Gasteiger partial charge on any atom is 0.227 e. The Morgan fingerprint density at radius 1 is 1.32 bits per heavy atom. The molecule has 122 valence electrons. The summed E-state index contributed by atoms with van der Waals surface area (Å²) in [5, 5.41) is 3.40. The van der Waals surface area contributed by atoms with Crippen molar-refractivity contribution in [1.82, 2.24) is 10.2 Å². The average Bonchev–Trinajstić information content (AvgIpc) is 2.98. The van der Waals surface area contributed by atoms with Gasteiger partial charge in [-0.25, -0.2) is 0 Å². The van der Waals surface area contributed by atoms with Gasteiger partial charge in [-0.15, -0.1) is 12.4 Å². The van der Waals surface area contributed by atoms with E-state index < -0.39 is 0 Å². The summed E-state index contributed by atoms with van der Waals surface area (Å²) in [7, 11) is 0. The van der Waals surface area contributed by atoms with E-state index in [-0.39, 0.29) is 24.4 Å². The van der Waals surface area contributed by atoms with Crippen LogP contribution in [0.4, 0.5) is 0 Å². The fourth-order valence-corrected chi connectivity index (χ4v) is 3.35. The van der Waals surface area contributed by atoms with Crippen LogP contribution >= 0.6 is 12.4 Å². The molecule has 4 nitrogen and oxygen atoms in total. The van der Waals surface area contributed by atoms with Gasteiger partial charge in [0.15, 0.2) is 0 Å². The van der Waals surface area contributed by atoms with Crippen LogP contribution in [0.5, 0.6) is 5.75 Å². The Bertz CT molecular complexity index is 509. The lowest BCUT2D eigenvalue weighted by Crippen LogP contribution is -2.32. The van der Waals surface area contributed by atoms with Gasteiger partial charge >= 0.3 is 0 Å². The van der Waals surface area contributed by atoms with Crippen molar-refractivity contribution < 1.29 is 9.53 Å². The Morgan fingerprint density at radius 2 is 2.00 bits per heavy atom. The minimum absolute atomic E-state index is 0. The molecule has 22 heavy (non-hydrogen) atoms. The zero-order valence-corrected chi connectivity index (χ0v) is 14.1. The van der Waals surface area contributed by atoms with Crippen molar-refractivity contribution in [1.29, 1.82) is 0 Å². The number of nitrogens with zero attached hydrogens (tertiary/aromatic N) is 1. The molecule has 0 aromatic heterocycles. The molecule has 1 aromatic rings. The van der Waals surface area contributed by atoms with Gasteiger partial charge in [-0.05, 0) is 43.4 Å². The molecule has 2 heterocycles. The number of nitrogens with one attached hydrogen (secondary N) is 1. The summed E-state index contributed by atoms with van der Waals surface area (Å²) in [6, 6.07) is 7.89. The van der Waals surface area contributed by atoms with Crippen molar-refractivity contribution in [3.8, 4) is 5.75 Å². The van der Waals surface area contributed by atoms with Crippen LogP contribution in [-0.2, 0) is 11.2 Å². The highest BCUT2D eigenvalue weighted by Gasteiger charge is 2.37. The van der Waals surface area contributed by atoms with E-state index in [1.807, 2.05) is 43.0 Å². The highest BCUT2D eigenvalue weighted by molar-refractivity contribution is 5.85. The maximum atomic E-state index is 12.4. The lowest BCUT2D eigenvalue weighted by molar-refractivity contribution is -0.129. The van der Waals surface area contributed by atoms with E-state index in [4.69, 9.17) is 4.74 Å². The molecule has 1 amide bonds. The second-order valence-corrected chi connectivity index (χ2v) is 6.47. The van der Waals surface area contributed by atoms with Crippen LogP contribution in [0.25, 0.3) is 0 Å². The monoisotopic (exact) mass is 324 g/mol. The number of hydrogen-bond acceptors (Lipinski definition) is 3. The van der Waals surface area contributed by atoms with Crippen LogP contribution in [-0.4, -0.2) is 43.1 Å². The standard InChI is InChI=1S/C17H24N2O2.ClH/c1-12(2)21-16-5-3-4-13(6-16)7-17(20)19-10-14-8-18-9-15(14)11-19;/h3-6,12,14-15,18H,7-11H2,1-2H3;1H/t14-,15+;. The highest BCUT2D eigenvalue weighted by atomic mass is 35.5. The third-order valence-corrected chi connectivity index (χ3v) is 4.37. The summed E-state index contributed by atoms with van der Waals surface area (Å²) in [5.41, 5.74) is 1.04. The topological polar surface area (TPSA) is 41.6 Å². The fourth-order valence-electron chi connectivity index (χ4n) is 3.35. The predicted octanol–water partition coefficient (Wildman–Crippen LogP) is 2.12. The average molecular weight is 325 g/mol. The second-order valence-electron chi connectivity index (χ2n) is 6.47. The van der Waals surface area contributed by atoms with E-state index in [1.165, 1.54) is 0 Å². The summed E-state index contributed by atoms with van der Waals surface area (Å²) < 4.78 is 5.69. The van der Waals surface area contributed by atoms with E-state index in [0.29, 0.717) is 18.3 Å². The predicted molar refractivity (Wildman–Crippen MR) is 89.6 cm³/mol. The SMILES string of the molecule is CC(C)Oc1cccc(CC(=O)N2C[C@H]3CNC[C@H]3C2)c1.Cl. The maximum absolute atomic E-state index is 12.4. The molecular formula is C17H25ClN2O2. The quantitative estimate of drug-likeness (QED) is 0.922. The number of benzene rings is 1. The van der Waals surface area contributed by atoms with Gasteiger partial charge in [0.05, 0.1) is 12.5 Å². The molecule has 2 aliphatic rings. The molecule has 0 radical (unpaired) electrons. The summed E-state index contributed by atoms with van der Waals surface area (Å²) in [4.78, 5) is 14.5. The lowest BCUT2D eigenvalue weighted by atomic mass is 10.0. The van der Waals surface area contributed by atoms with Gasteiger partial charge in [-0.1, -0.05) is 12.1 Å². The number of ether oxygens (including phenoxy) is 1. The number of carbonyl (C=O) groups is 1. The normalized spacial score (nSPS) is 23.3. The number of amides is 1. The van der Waals surface area contributed by atoms with E-state index in [9.17, 15) is 4.79 Å². The van der Waals surface area contributed by atoms with E-state index in [1.54, 1.807) is 0 Å². The van der Waals surface area contributed by atoms with Crippen molar-refractivity contribution >= 4 is 18.3 Å². The molecule has 1 N–H and O–H groups in total. The zero-order chi connectivity index (χ0) is 14.8. The van der Waals surface area contributed by atoms with Gasteiger partial charge < -0.3 is 15.0 Å². The van der Waals surface area contributed by atoms with Crippen molar-refractivity contribution in [2.24, 2.45) is 11.8 Å². The first-order valence-corrected chi connectivity index (χ1v) is 7.86. The smallest absolute Gasteiger partial charge is 0.227 e. The molecule has 1 aromatic carbocycles. The van der Waals surface area contributed by atoms with Gasteiger partial charge in [0.1, 0.15) is 5.75 Å². The van der Waals surface area contributed by atoms with Crippen molar-refractivity contribution in [2.75, 3.05) is 26.2 Å². The number of rotatable bonds is 4. The van der Waals surface area contributed by atoms with Gasteiger partial charge in [0.2, 0.25) is 5.91 Å². The molecule has 2 atom stereocenters. The van der Waals surface area contributed by atoms with Crippen molar-refractivity contribution in [3.63, 3.8) is 0 Å². The molecule has 0 spiro atoms. The molecule has 2 saturated heterocycles.